The number of nitrogens with zero attached hydrogens (tertiary/aromatic N) is 5. The van der Waals surface area contributed by atoms with Gasteiger partial charge in [0.1, 0.15) is 17.5 Å². The van der Waals surface area contributed by atoms with Crippen LogP contribution in [0.2, 0.25) is 5.02 Å². The van der Waals surface area contributed by atoms with Gasteiger partial charge in [-0.2, -0.15) is 5.10 Å². The number of anilines is 1. The number of pyridine rings is 1. The van der Waals surface area contributed by atoms with Crippen LogP contribution in [0.5, 0.6) is 0 Å². The zero-order valence-corrected chi connectivity index (χ0v) is 17.5. The Morgan fingerprint density at radius 1 is 1.23 bits per heavy atom. The molecule has 0 atom stereocenters. The Kier molecular flexibility index (Phi) is 4.78. The minimum absolute atomic E-state index is 0.00211. The summed E-state index contributed by atoms with van der Waals surface area (Å²) in [4.78, 5) is 26.1. The summed E-state index contributed by atoms with van der Waals surface area (Å²) in [7, 11) is 1.81. The lowest BCUT2D eigenvalue weighted by Gasteiger charge is -2.25. The van der Waals surface area contributed by atoms with Gasteiger partial charge in [0.25, 0.3) is 0 Å². The molecule has 8 nitrogen and oxygen atoms in total. The Hall–Kier alpha value is -3.52. The summed E-state index contributed by atoms with van der Waals surface area (Å²) >= 11 is 6.50. The van der Waals surface area contributed by atoms with Crippen molar-refractivity contribution in [3.05, 3.63) is 53.4 Å². The first kappa shape index (κ1) is 19.4. The number of carbonyl (C=O) groups excluding carboxylic acids is 1. The van der Waals surface area contributed by atoms with Crippen LogP contribution in [0.4, 0.5) is 5.82 Å². The predicted molar refractivity (Wildman–Crippen MR) is 117 cm³/mol. The number of halogens is 1. The van der Waals surface area contributed by atoms with Crippen LogP contribution in [0.1, 0.15) is 29.8 Å². The third kappa shape index (κ3) is 3.59. The summed E-state index contributed by atoms with van der Waals surface area (Å²) in [5, 5.41) is 5.75. The van der Waals surface area contributed by atoms with E-state index in [2.05, 4.69) is 20.1 Å². The highest BCUT2D eigenvalue weighted by Gasteiger charge is 2.27. The van der Waals surface area contributed by atoms with Gasteiger partial charge >= 0.3 is 5.97 Å². The number of aromatic nitrogens is 5. The van der Waals surface area contributed by atoms with E-state index in [4.69, 9.17) is 22.1 Å². The van der Waals surface area contributed by atoms with Crippen LogP contribution < -0.4 is 5.73 Å². The second kappa shape index (κ2) is 7.63. The van der Waals surface area contributed by atoms with Gasteiger partial charge in [0.15, 0.2) is 11.5 Å². The van der Waals surface area contributed by atoms with Crippen molar-refractivity contribution < 1.29 is 9.53 Å². The molecule has 0 spiro atoms. The Morgan fingerprint density at radius 3 is 2.77 bits per heavy atom. The molecule has 1 aromatic carbocycles. The van der Waals surface area contributed by atoms with E-state index in [1.54, 1.807) is 23.1 Å². The van der Waals surface area contributed by atoms with E-state index in [1.165, 1.54) is 0 Å². The number of benzene rings is 1. The quantitative estimate of drug-likeness (QED) is 0.483. The van der Waals surface area contributed by atoms with Crippen LogP contribution in [0.3, 0.4) is 0 Å². The maximum Gasteiger partial charge on any atom is 0.361 e. The number of fused-ring (bicyclic) bond motifs is 1. The van der Waals surface area contributed by atoms with Crippen LogP contribution in [0.15, 0.2) is 42.7 Å². The molecular weight excluding hydrogens is 416 g/mol. The first-order valence-corrected chi connectivity index (χ1v) is 10.3. The minimum Gasteiger partial charge on any atom is -0.458 e. The molecule has 0 radical (unpaired) electrons. The smallest absolute Gasteiger partial charge is 0.361 e. The van der Waals surface area contributed by atoms with E-state index in [-0.39, 0.29) is 17.6 Å². The number of nitrogens with two attached hydrogens (primary N) is 1. The van der Waals surface area contributed by atoms with Crippen molar-refractivity contribution in [3.8, 4) is 22.6 Å². The van der Waals surface area contributed by atoms with Gasteiger partial charge in [0, 0.05) is 30.4 Å². The van der Waals surface area contributed by atoms with Gasteiger partial charge < -0.3 is 10.5 Å². The molecule has 0 aliphatic heterocycles. The van der Waals surface area contributed by atoms with Crippen LogP contribution in [0, 0.1) is 0 Å². The maximum atomic E-state index is 12.7. The lowest BCUT2D eigenvalue weighted by Crippen LogP contribution is -2.26. The van der Waals surface area contributed by atoms with Crippen molar-refractivity contribution in [1.29, 1.82) is 0 Å². The largest absolute Gasteiger partial charge is 0.458 e. The average Bonchev–Trinajstić information content (AvgIpc) is 3.16. The van der Waals surface area contributed by atoms with E-state index in [1.807, 2.05) is 31.3 Å². The predicted octanol–water partition coefficient (Wildman–Crippen LogP) is 4.04. The van der Waals surface area contributed by atoms with Crippen molar-refractivity contribution in [1.82, 2.24) is 24.7 Å². The number of esters is 1. The number of rotatable bonds is 4. The highest BCUT2D eigenvalue weighted by atomic mass is 35.5. The van der Waals surface area contributed by atoms with Gasteiger partial charge in [0.2, 0.25) is 0 Å². The fourth-order valence-corrected chi connectivity index (χ4v) is 3.78. The molecule has 0 amide bonds. The number of hydrogen-bond donors (Lipinski definition) is 1. The monoisotopic (exact) mass is 434 g/mol. The Balaban J connectivity index is 1.69. The van der Waals surface area contributed by atoms with Gasteiger partial charge in [0.05, 0.1) is 16.2 Å². The molecule has 3 aromatic heterocycles. The third-order valence-electron chi connectivity index (χ3n) is 5.33. The molecule has 0 unspecified atom stereocenters. The van der Waals surface area contributed by atoms with Crippen LogP contribution in [-0.4, -0.2) is 36.8 Å². The van der Waals surface area contributed by atoms with E-state index in [0.29, 0.717) is 33.2 Å². The minimum atomic E-state index is -0.572. The highest BCUT2D eigenvalue weighted by molar-refractivity contribution is 6.35. The molecule has 2 N–H and O–H groups in total. The van der Waals surface area contributed by atoms with Crippen molar-refractivity contribution in [2.45, 2.75) is 25.4 Å². The number of aryl methyl sites for hydroxylation is 1. The molecular formula is C22H19ClN6O2. The van der Waals surface area contributed by atoms with Gasteiger partial charge in [-0.05, 0) is 43.5 Å². The van der Waals surface area contributed by atoms with Crippen molar-refractivity contribution in [2.24, 2.45) is 7.05 Å². The van der Waals surface area contributed by atoms with Gasteiger partial charge in [-0.1, -0.05) is 17.7 Å². The van der Waals surface area contributed by atoms with Gasteiger partial charge in [-0.25, -0.2) is 14.8 Å². The fraction of sp³-hybridized carbons (Fsp3) is 0.227. The summed E-state index contributed by atoms with van der Waals surface area (Å²) < 4.78 is 7.17. The second-order valence-corrected chi connectivity index (χ2v) is 7.93. The van der Waals surface area contributed by atoms with Crippen LogP contribution >= 0.6 is 11.6 Å². The number of carbonyl (C=O) groups is 1. The lowest BCUT2D eigenvalue weighted by atomic mass is 9.96. The summed E-state index contributed by atoms with van der Waals surface area (Å²) in [6.07, 6.45) is 6.15. The van der Waals surface area contributed by atoms with E-state index >= 15 is 0 Å². The Bertz CT molecular complexity index is 1310. The average molecular weight is 435 g/mol. The van der Waals surface area contributed by atoms with Gasteiger partial charge in [-0.15, -0.1) is 0 Å². The first-order chi connectivity index (χ1) is 15.0. The zero-order valence-electron chi connectivity index (χ0n) is 16.7. The zero-order chi connectivity index (χ0) is 21.5. The molecule has 1 aliphatic carbocycles. The molecule has 5 rings (SSSR count). The molecule has 9 heteroatoms. The number of nitrogen functional groups attached to an aromatic ring is 1. The molecule has 1 saturated carbocycles. The first-order valence-electron chi connectivity index (χ1n) is 9.93. The normalized spacial score (nSPS) is 13.9. The third-order valence-corrected chi connectivity index (χ3v) is 5.62. The topological polar surface area (TPSA) is 109 Å². The lowest BCUT2D eigenvalue weighted by molar-refractivity contribution is 0.00847. The Labute approximate surface area is 183 Å². The molecule has 4 aromatic rings. The van der Waals surface area contributed by atoms with E-state index in [9.17, 15) is 4.79 Å². The summed E-state index contributed by atoms with van der Waals surface area (Å²) in [5.74, 6) is -0.570. The molecule has 3 heterocycles. The Morgan fingerprint density at radius 2 is 2.06 bits per heavy atom. The fourth-order valence-electron chi connectivity index (χ4n) is 3.50. The highest BCUT2D eigenvalue weighted by Crippen LogP contribution is 2.34. The maximum absolute atomic E-state index is 12.7. The SMILES string of the molecule is Cn1ccc(-c2nc(N)c(C(=O)OC3CCC3)nc2-c2cc(Cl)c3ncccc3c2)n1. The molecule has 0 bridgehead atoms. The molecule has 0 saturated heterocycles. The summed E-state index contributed by atoms with van der Waals surface area (Å²) in [6, 6.07) is 9.21. The summed E-state index contributed by atoms with van der Waals surface area (Å²) in [5.41, 5.74) is 8.95. The number of ether oxygens (including phenoxy) is 1. The summed E-state index contributed by atoms with van der Waals surface area (Å²) in [6.45, 7) is 0. The molecule has 156 valence electrons. The van der Waals surface area contributed by atoms with Crippen LogP contribution in [-0.2, 0) is 11.8 Å². The molecule has 31 heavy (non-hydrogen) atoms. The van der Waals surface area contributed by atoms with Crippen LogP contribution in [0.25, 0.3) is 33.5 Å². The van der Waals surface area contributed by atoms with Crippen molar-refractivity contribution >= 4 is 34.3 Å². The molecule has 1 fully saturated rings. The van der Waals surface area contributed by atoms with Gasteiger partial charge in [-0.3, -0.25) is 9.67 Å². The van der Waals surface area contributed by atoms with Crippen molar-refractivity contribution in [2.75, 3.05) is 5.73 Å². The van der Waals surface area contributed by atoms with E-state index < -0.39 is 5.97 Å². The molecule has 1 aliphatic rings. The standard InChI is InChI=1S/C22H19ClN6O2/c1-29-9-7-16(28-29)19-18(13-10-12-4-3-8-25-17(12)15(23)11-13)26-20(21(24)27-19)22(30)31-14-5-2-6-14/h3-4,7-11,14H,2,5-6H2,1H3,(H2,24,27). The number of hydrogen-bond acceptors (Lipinski definition) is 7. The van der Waals surface area contributed by atoms with E-state index in [0.717, 1.165) is 24.6 Å². The second-order valence-electron chi connectivity index (χ2n) is 7.52. The van der Waals surface area contributed by atoms with Crippen molar-refractivity contribution in [3.63, 3.8) is 0 Å².